The molecule has 0 saturated heterocycles. The summed E-state index contributed by atoms with van der Waals surface area (Å²) in [7, 11) is 0. The summed E-state index contributed by atoms with van der Waals surface area (Å²) in [5.74, 6) is 5.00. The molecular formula is C18H17N5OS. The van der Waals surface area contributed by atoms with Crippen LogP contribution in [0.15, 0.2) is 24.4 Å². The number of H-pyrrole nitrogens is 1. The molecule has 3 aromatic rings. The van der Waals surface area contributed by atoms with E-state index in [0.717, 1.165) is 15.4 Å². The fourth-order valence-corrected chi connectivity index (χ4v) is 3.41. The molecule has 0 bridgehead atoms. The molecule has 1 saturated carbocycles. The van der Waals surface area contributed by atoms with Crippen LogP contribution in [0.2, 0.25) is 0 Å². The Morgan fingerprint density at radius 3 is 2.96 bits per heavy atom. The lowest BCUT2D eigenvalue weighted by atomic mass is 10.3. The number of aromatic nitrogens is 4. The van der Waals surface area contributed by atoms with Gasteiger partial charge in [-0.25, -0.2) is 9.97 Å². The van der Waals surface area contributed by atoms with Crippen LogP contribution in [-0.2, 0) is 0 Å². The summed E-state index contributed by atoms with van der Waals surface area (Å²) in [5, 5.41) is 20.2. The van der Waals surface area contributed by atoms with Gasteiger partial charge in [0.15, 0.2) is 17.5 Å². The normalized spacial score (nSPS) is 14.9. The van der Waals surface area contributed by atoms with Gasteiger partial charge in [-0.15, -0.1) is 17.8 Å². The molecular weight excluding hydrogens is 334 g/mol. The first kappa shape index (κ1) is 15.8. The first-order valence-corrected chi connectivity index (χ1v) is 8.90. The molecule has 0 spiro atoms. The van der Waals surface area contributed by atoms with E-state index in [4.69, 9.17) is 6.42 Å². The molecule has 0 unspecified atom stereocenters. The fraction of sp³-hybridized carbons (Fsp3) is 0.278. The van der Waals surface area contributed by atoms with Crippen LogP contribution in [0.4, 0.5) is 11.6 Å². The molecule has 0 amide bonds. The van der Waals surface area contributed by atoms with Gasteiger partial charge in [-0.2, -0.15) is 5.10 Å². The largest absolute Gasteiger partial charge is 0.388 e. The molecule has 1 aliphatic rings. The van der Waals surface area contributed by atoms with Crippen molar-refractivity contribution in [2.45, 2.75) is 31.8 Å². The maximum atomic E-state index is 9.69. The van der Waals surface area contributed by atoms with Crippen molar-refractivity contribution in [3.8, 4) is 23.0 Å². The van der Waals surface area contributed by atoms with Crippen LogP contribution >= 0.6 is 11.3 Å². The van der Waals surface area contributed by atoms with E-state index in [-0.39, 0.29) is 0 Å². The smallest absolute Gasteiger partial charge is 0.171 e. The summed E-state index contributed by atoms with van der Waals surface area (Å²) in [6.07, 6.45) is 9.10. The third-order valence-corrected chi connectivity index (χ3v) is 5.32. The van der Waals surface area contributed by atoms with E-state index in [2.05, 4.69) is 31.4 Å². The molecule has 0 radical (unpaired) electrons. The van der Waals surface area contributed by atoms with E-state index < -0.39 is 6.10 Å². The molecule has 0 aromatic carbocycles. The summed E-state index contributed by atoms with van der Waals surface area (Å²) in [4.78, 5) is 10.7. The van der Waals surface area contributed by atoms with Crippen LogP contribution in [0.25, 0.3) is 10.7 Å². The molecule has 4 rings (SSSR count). The second kappa shape index (κ2) is 6.31. The first-order chi connectivity index (χ1) is 12.1. The summed E-state index contributed by atoms with van der Waals surface area (Å²) in [5.41, 5.74) is 1.71. The zero-order chi connectivity index (χ0) is 17.4. The van der Waals surface area contributed by atoms with Crippen molar-refractivity contribution in [2.24, 2.45) is 0 Å². The Hall–Kier alpha value is -2.69. The van der Waals surface area contributed by atoms with Gasteiger partial charge in [0.2, 0.25) is 0 Å². The fourth-order valence-electron chi connectivity index (χ4n) is 2.52. The van der Waals surface area contributed by atoms with Crippen molar-refractivity contribution in [3.63, 3.8) is 0 Å². The van der Waals surface area contributed by atoms with Gasteiger partial charge >= 0.3 is 0 Å². The summed E-state index contributed by atoms with van der Waals surface area (Å²) < 4.78 is 0. The predicted octanol–water partition coefficient (Wildman–Crippen LogP) is 3.58. The van der Waals surface area contributed by atoms with Crippen molar-refractivity contribution >= 4 is 23.0 Å². The zero-order valence-electron chi connectivity index (χ0n) is 13.7. The van der Waals surface area contributed by atoms with Gasteiger partial charge in [-0.05, 0) is 31.9 Å². The number of nitrogens with one attached hydrogen (secondary N) is 2. The van der Waals surface area contributed by atoms with Crippen molar-refractivity contribution in [1.29, 1.82) is 0 Å². The molecule has 6 nitrogen and oxygen atoms in total. The topological polar surface area (TPSA) is 86.7 Å². The van der Waals surface area contributed by atoms with Crippen LogP contribution < -0.4 is 5.32 Å². The highest BCUT2D eigenvalue weighted by Crippen LogP contribution is 2.39. The number of hydrogen-bond donors (Lipinski definition) is 3. The molecule has 25 heavy (non-hydrogen) atoms. The second-order valence-corrected chi connectivity index (χ2v) is 7.20. The van der Waals surface area contributed by atoms with Gasteiger partial charge in [0.1, 0.15) is 0 Å². The van der Waals surface area contributed by atoms with E-state index in [1.165, 1.54) is 24.2 Å². The second-order valence-electron chi connectivity index (χ2n) is 6.09. The van der Waals surface area contributed by atoms with Crippen LogP contribution in [0.1, 0.15) is 47.9 Å². The Morgan fingerprint density at radius 2 is 2.28 bits per heavy atom. The van der Waals surface area contributed by atoms with Crippen LogP contribution in [0, 0.1) is 12.3 Å². The van der Waals surface area contributed by atoms with E-state index in [9.17, 15) is 5.11 Å². The van der Waals surface area contributed by atoms with Crippen LogP contribution in [0.3, 0.4) is 0 Å². The number of anilines is 2. The minimum absolute atomic E-state index is 0.508. The molecule has 1 atom stereocenters. The zero-order valence-corrected chi connectivity index (χ0v) is 14.5. The molecule has 3 heterocycles. The molecule has 1 aliphatic carbocycles. The predicted molar refractivity (Wildman–Crippen MR) is 97.8 cm³/mol. The number of aliphatic hydroxyl groups excluding tert-OH is 1. The summed E-state index contributed by atoms with van der Waals surface area (Å²) in [6, 6.07) is 5.78. The van der Waals surface area contributed by atoms with Crippen molar-refractivity contribution in [2.75, 3.05) is 5.32 Å². The number of rotatable bonds is 5. The third kappa shape index (κ3) is 3.27. The van der Waals surface area contributed by atoms with Gasteiger partial charge in [0.25, 0.3) is 0 Å². The van der Waals surface area contributed by atoms with Gasteiger partial charge in [-0.1, -0.05) is 5.92 Å². The number of nitrogens with zero attached hydrogens (tertiary/aromatic N) is 3. The van der Waals surface area contributed by atoms with Gasteiger partial charge in [0, 0.05) is 28.8 Å². The maximum Gasteiger partial charge on any atom is 0.171 e. The highest BCUT2D eigenvalue weighted by atomic mass is 32.1. The number of hydrogen-bond acceptors (Lipinski definition) is 6. The summed E-state index contributed by atoms with van der Waals surface area (Å²) >= 11 is 1.46. The standard InChI is InChI=1S/C18H17N5OS/c1-3-11-9-19-18(15-7-6-14(25-15)10(2)24)21-17(11)20-16-8-13(22-23-16)12-4-5-12/h1,6-10,12,24H,4-5H2,2H3,(H2,19,20,21,22,23)/t10-/m1/s1. The lowest BCUT2D eigenvalue weighted by Gasteiger charge is -2.06. The van der Waals surface area contributed by atoms with E-state index in [0.29, 0.717) is 28.9 Å². The quantitative estimate of drug-likeness (QED) is 0.612. The Bertz CT molecular complexity index is 949. The monoisotopic (exact) mass is 351 g/mol. The number of aromatic amines is 1. The number of aliphatic hydroxyl groups is 1. The Kier molecular flexibility index (Phi) is 3.99. The van der Waals surface area contributed by atoms with Gasteiger partial charge < -0.3 is 10.4 Å². The van der Waals surface area contributed by atoms with Gasteiger partial charge in [0.05, 0.1) is 16.5 Å². The SMILES string of the molecule is C#Cc1cnc(-c2ccc([C@@H](C)O)s2)nc1Nc1cc(C2CC2)[nH]n1. The maximum absolute atomic E-state index is 9.69. The molecule has 7 heteroatoms. The lowest BCUT2D eigenvalue weighted by Crippen LogP contribution is -2.00. The Balaban J connectivity index is 1.64. The number of terminal acetylenes is 1. The van der Waals surface area contributed by atoms with E-state index >= 15 is 0 Å². The molecule has 126 valence electrons. The minimum Gasteiger partial charge on any atom is -0.388 e. The minimum atomic E-state index is -0.508. The molecule has 0 aliphatic heterocycles. The first-order valence-electron chi connectivity index (χ1n) is 8.08. The van der Waals surface area contributed by atoms with Crippen LogP contribution in [-0.4, -0.2) is 25.3 Å². The lowest BCUT2D eigenvalue weighted by molar-refractivity contribution is 0.203. The average Bonchev–Trinajstić information content (AvgIpc) is 3.15. The molecule has 3 N–H and O–H groups in total. The van der Waals surface area contributed by atoms with E-state index in [1.807, 2.05) is 18.2 Å². The Labute approximate surface area is 149 Å². The van der Waals surface area contributed by atoms with E-state index in [1.54, 1.807) is 13.1 Å². The Morgan fingerprint density at radius 1 is 1.44 bits per heavy atom. The van der Waals surface area contributed by atoms with Crippen molar-refractivity contribution in [3.05, 3.63) is 40.5 Å². The number of thiophene rings is 1. The van der Waals surface area contributed by atoms with Crippen molar-refractivity contribution < 1.29 is 5.11 Å². The average molecular weight is 351 g/mol. The highest BCUT2D eigenvalue weighted by Gasteiger charge is 2.25. The summed E-state index contributed by atoms with van der Waals surface area (Å²) in [6.45, 7) is 1.74. The third-order valence-electron chi connectivity index (χ3n) is 4.06. The highest BCUT2D eigenvalue weighted by molar-refractivity contribution is 7.15. The van der Waals surface area contributed by atoms with Gasteiger partial charge in [-0.3, -0.25) is 5.10 Å². The molecule has 1 fully saturated rings. The van der Waals surface area contributed by atoms with Crippen molar-refractivity contribution in [1.82, 2.24) is 20.2 Å². The van der Waals surface area contributed by atoms with Crippen LogP contribution in [0.5, 0.6) is 0 Å². The molecule has 3 aromatic heterocycles.